The molecule has 2 heterocycles. The van der Waals surface area contributed by atoms with Crippen molar-refractivity contribution in [1.82, 2.24) is 5.32 Å². The van der Waals surface area contributed by atoms with Crippen LogP contribution in [0.15, 0.2) is 18.2 Å². The van der Waals surface area contributed by atoms with E-state index >= 15 is 0 Å². The van der Waals surface area contributed by atoms with Crippen LogP contribution in [-0.2, 0) is 4.74 Å². The average molecular weight is 310 g/mol. The minimum absolute atomic E-state index is 0.109. The molecule has 1 saturated heterocycles. The molecule has 0 bridgehead atoms. The van der Waals surface area contributed by atoms with Gasteiger partial charge >= 0.3 is 0 Å². The van der Waals surface area contributed by atoms with Crippen LogP contribution in [0.1, 0.15) is 44.7 Å². The van der Waals surface area contributed by atoms with Crippen LogP contribution in [0.5, 0.6) is 5.75 Å². The molecule has 1 fully saturated rings. The first-order chi connectivity index (χ1) is 10.0. The Bertz CT molecular complexity index is 520. The lowest BCUT2D eigenvalue weighted by Crippen LogP contribution is -2.51. The van der Waals surface area contributed by atoms with E-state index in [1.54, 1.807) is 0 Å². The predicted octanol–water partition coefficient (Wildman–Crippen LogP) is 3.96. The van der Waals surface area contributed by atoms with Gasteiger partial charge in [0, 0.05) is 35.9 Å². The molecule has 0 aliphatic carbocycles. The van der Waals surface area contributed by atoms with Crippen molar-refractivity contribution in [3.05, 3.63) is 28.8 Å². The van der Waals surface area contributed by atoms with E-state index in [0.29, 0.717) is 12.0 Å². The fraction of sp³-hybridized carbons (Fsp3) is 0.647. The number of fused-ring (bicyclic) bond motifs is 1. The van der Waals surface area contributed by atoms with Crippen LogP contribution in [0.2, 0.25) is 5.02 Å². The van der Waals surface area contributed by atoms with Crippen LogP contribution in [0.3, 0.4) is 0 Å². The van der Waals surface area contributed by atoms with Crippen LogP contribution in [0.25, 0.3) is 0 Å². The Labute approximate surface area is 132 Å². The van der Waals surface area contributed by atoms with E-state index in [0.717, 1.165) is 36.6 Å². The van der Waals surface area contributed by atoms with E-state index in [2.05, 4.69) is 19.2 Å². The number of hydrogen-bond donors (Lipinski definition) is 1. The van der Waals surface area contributed by atoms with Gasteiger partial charge in [-0.25, -0.2) is 0 Å². The largest absolute Gasteiger partial charge is 0.487 e. The first-order valence-corrected chi connectivity index (χ1v) is 8.18. The van der Waals surface area contributed by atoms with Crippen molar-refractivity contribution in [2.24, 2.45) is 5.92 Å². The van der Waals surface area contributed by atoms with Crippen LogP contribution in [0.4, 0.5) is 0 Å². The van der Waals surface area contributed by atoms with Gasteiger partial charge in [-0.2, -0.15) is 0 Å². The second kappa shape index (κ2) is 5.79. The second-order valence-electron chi connectivity index (χ2n) is 6.62. The van der Waals surface area contributed by atoms with Crippen molar-refractivity contribution in [3.63, 3.8) is 0 Å². The molecule has 1 N–H and O–H groups in total. The van der Waals surface area contributed by atoms with Crippen LogP contribution in [0, 0.1) is 5.92 Å². The highest BCUT2D eigenvalue weighted by atomic mass is 35.5. The third-order valence-electron chi connectivity index (χ3n) is 4.80. The van der Waals surface area contributed by atoms with Crippen LogP contribution >= 0.6 is 11.6 Å². The van der Waals surface area contributed by atoms with Crippen molar-refractivity contribution in [2.75, 3.05) is 13.7 Å². The van der Waals surface area contributed by atoms with Crippen LogP contribution in [-0.4, -0.2) is 25.4 Å². The summed E-state index contributed by atoms with van der Waals surface area (Å²) in [6.07, 6.45) is 3.18. The van der Waals surface area contributed by atoms with E-state index < -0.39 is 0 Å². The fourth-order valence-corrected chi connectivity index (χ4v) is 3.71. The molecule has 21 heavy (non-hydrogen) atoms. The molecular formula is C17H24ClNO2. The molecule has 116 valence electrons. The number of nitrogens with one attached hydrogen (secondary N) is 1. The summed E-state index contributed by atoms with van der Waals surface area (Å²) in [5.74, 6) is 1.49. The molecule has 1 spiro atoms. The Kier molecular flexibility index (Phi) is 4.17. The first-order valence-electron chi connectivity index (χ1n) is 7.80. The van der Waals surface area contributed by atoms with Crippen LogP contribution < -0.4 is 10.1 Å². The van der Waals surface area contributed by atoms with Gasteiger partial charge < -0.3 is 14.8 Å². The lowest BCUT2D eigenvalue weighted by atomic mass is 9.78. The van der Waals surface area contributed by atoms with Gasteiger partial charge in [0.1, 0.15) is 11.4 Å². The van der Waals surface area contributed by atoms with Gasteiger partial charge in [0.15, 0.2) is 0 Å². The molecule has 3 nitrogen and oxygen atoms in total. The van der Waals surface area contributed by atoms with Gasteiger partial charge in [-0.1, -0.05) is 25.4 Å². The molecule has 3 unspecified atom stereocenters. The molecule has 0 amide bonds. The Morgan fingerprint density at radius 3 is 2.86 bits per heavy atom. The highest BCUT2D eigenvalue weighted by Gasteiger charge is 2.45. The number of halogens is 1. The van der Waals surface area contributed by atoms with Crippen molar-refractivity contribution >= 4 is 11.6 Å². The van der Waals surface area contributed by atoms with Gasteiger partial charge in [-0.15, -0.1) is 0 Å². The number of hydrogen-bond acceptors (Lipinski definition) is 3. The third-order valence-corrected chi connectivity index (χ3v) is 5.04. The Morgan fingerprint density at radius 2 is 2.14 bits per heavy atom. The monoisotopic (exact) mass is 309 g/mol. The molecule has 0 aromatic heterocycles. The Hall–Kier alpha value is -0.770. The fourth-order valence-electron chi connectivity index (χ4n) is 3.53. The summed E-state index contributed by atoms with van der Waals surface area (Å²) in [7, 11) is 2.01. The van der Waals surface area contributed by atoms with Gasteiger partial charge in [0.05, 0.1) is 12.7 Å². The maximum Gasteiger partial charge on any atom is 0.125 e. The third kappa shape index (κ3) is 2.92. The minimum Gasteiger partial charge on any atom is -0.487 e. The van der Waals surface area contributed by atoms with Gasteiger partial charge in [0.2, 0.25) is 0 Å². The topological polar surface area (TPSA) is 30.5 Å². The van der Waals surface area contributed by atoms with Gasteiger partial charge in [-0.3, -0.25) is 0 Å². The smallest absolute Gasteiger partial charge is 0.125 e. The Balaban J connectivity index is 1.91. The zero-order valence-electron chi connectivity index (χ0n) is 13.0. The zero-order chi connectivity index (χ0) is 15.0. The minimum atomic E-state index is -0.109. The molecular weight excluding hydrogens is 286 g/mol. The summed E-state index contributed by atoms with van der Waals surface area (Å²) in [5, 5.41) is 4.19. The summed E-state index contributed by atoms with van der Waals surface area (Å²) in [4.78, 5) is 0. The van der Waals surface area contributed by atoms with Crippen molar-refractivity contribution in [3.8, 4) is 5.75 Å². The molecule has 3 rings (SSSR count). The lowest BCUT2D eigenvalue weighted by molar-refractivity contribution is -0.116. The quantitative estimate of drug-likeness (QED) is 0.897. The zero-order valence-corrected chi connectivity index (χ0v) is 13.7. The van der Waals surface area contributed by atoms with E-state index in [-0.39, 0.29) is 11.7 Å². The molecule has 0 radical (unpaired) electrons. The number of rotatable bonds is 2. The number of benzene rings is 1. The standard InChI is InChI=1S/C17H24ClNO2/c1-11(2)16-10-17(6-7-20-16)9-14(19-3)13-8-12(18)4-5-15(13)21-17/h4-5,8,11,14,16,19H,6-7,9-10H2,1-3H3. The molecule has 2 aliphatic rings. The molecule has 4 heteroatoms. The normalized spacial score (nSPS) is 32.0. The highest BCUT2D eigenvalue weighted by molar-refractivity contribution is 6.30. The van der Waals surface area contributed by atoms with Crippen molar-refractivity contribution in [1.29, 1.82) is 0 Å². The Morgan fingerprint density at radius 1 is 1.33 bits per heavy atom. The maximum absolute atomic E-state index is 6.45. The average Bonchev–Trinajstić information content (AvgIpc) is 2.47. The molecule has 1 aromatic rings. The van der Waals surface area contributed by atoms with Gasteiger partial charge in [0.25, 0.3) is 0 Å². The summed E-state index contributed by atoms with van der Waals surface area (Å²) < 4.78 is 12.4. The molecule has 2 aliphatic heterocycles. The summed E-state index contributed by atoms with van der Waals surface area (Å²) in [6.45, 7) is 5.22. The van der Waals surface area contributed by atoms with E-state index in [1.165, 1.54) is 5.56 Å². The lowest BCUT2D eigenvalue weighted by Gasteiger charge is -2.47. The summed E-state index contributed by atoms with van der Waals surface area (Å²) in [5.41, 5.74) is 1.06. The SMILES string of the molecule is CNC1CC2(CCOC(C(C)C)C2)Oc2ccc(Cl)cc21. The highest BCUT2D eigenvalue weighted by Crippen LogP contribution is 2.46. The predicted molar refractivity (Wildman–Crippen MR) is 85.0 cm³/mol. The van der Waals surface area contributed by atoms with Gasteiger partial charge in [-0.05, 0) is 31.2 Å². The number of ether oxygens (including phenoxy) is 2. The molecule has 3 atom stereocenters. The summed E-state index contributed by atoms with van der Waals surface area (Å²) >= 11 is 6.14. The van der Waals surface area contributed by atoms with E-state index in [9.17, 15) is 0 Å². The van der Waals surface area contributed by atoms with Crippen molar-refractivity contribution < 1.29 is 9.47 Å². The summed E-state index contributed by atoms with van der Waals surface area (Å²) in [6, 6.07) is 6.22. The maximum atomic E-state index is 6.45. The molecule has 1 aromatic carbocycles. The van der Waals surface area contributed by atoms with E-state index in [1.807, 2.05) is 25.2 Å². The molecule has 0 saturated carbocycles. The van der Waals surface area contributed by atoms with E-state index in [4.69, 9.17) is 21.1 Å². The first kappa shape index (κ1) is 15.1. The van der Waals surface area contributed by atoms with Crippen molar-refractivity contribution in [2.45, 2.75) is 50.9 Å². The second-order valence-corrected chi connectivity index (χ2v) is 7.06.